The molecule has 22 heteroatoms. The number of ether oxygens (including phenoxy) is 4. The molecule has 2 aromatic carbocycles. The van der Waals surface area contributed by atoms with Crippen LogP contribution >= 0.6 is 0 Å². The molecule has 8 N–H and O–H groups in total. The monoisotopic (exact) mass is 906 g/mol. The first-order valence-corrected chi connectivity index (χ1v) is 20.8. The maximum Gasteiger partial charge on any atom is 0.490 e. The molecule has 2 aliphatic rings. The van der Waals surface area contributed by atoms with Crippen LogP contribution in [0.5, 0.6) is 5.75 Å². The molecule has 2 fully saturated rings. The number of hydrogen-bond donors (Lipinski definition) is 7. The highest BCUT2D eigenvalue weighted by molar-refractivity contribution is 6.08. The van der Waals surface area contributed by atoms with Crippen molar-refractivity contribution in [3.8, 4) is 5.75 Å². The number of nitrogens with zero attached hydrogens (tertiary/aromatic N) is 4. The number of nitrogens with one attached hydrogen (secondary N) is 1. The van der Waals surface area contributed by atoms with E-state index >= 15 is 0 Å². The Morgan fingerprint density at radius 2 is 1.45 bits per heavy atom. The largest absolute Gasteiger partial charge is 0.494 e. The first-order valence-electron chi connectivity index (χ1n) is 20.8. The average molecular weight is 907 g/mol. The Labute approximate surface area is 364 Å². The maximum atomic E-state index is 12.6. The van der Waals surface area contributed by atoms with Gasteiger partial charge in [0.05, 0.1) is 18.4 Å². The van der Waals surface area contributed by atoms with Crippen LogP contribution in [0.4, 0.5) is 13.2 Å². The van der Waals surface area contributed by atoms with Gasteiger partial charge in [0.25, 0.3) is 5.56 Å². The fourth-order valence-corrected chi connectivity index (χ4v) is 7.12. The van der Waals surface area contributed by atoms with Gasteiger partial charge in [-0.1, -0.05) is 74.1 Å². The molecule has 0 aliphatic carbocycles. The number of ketones is 1. The molecule has 19 nitrogen and oxygen atoms in total. The van der Waals surface area contributed by atoms with E-state index in [4.69, 9.17) is 34.6 Å². The number of unbranched alkanes of at least 4 members (excludes halogenated alkanes) is 7. The minimum absolute atomic E-state index is 0.00470. The van der Waals surface area contributed by atoms with E-state index in [9.17, 15) is 48.0 Å². The number of nitrogens with two attached hydrogens (primary N) is 1. The van der Waals surface area contributed by atoms with E-state index < -0.39 is 78.6 Å². The maximum absolute atomic E-state index is 12.6. The zero-order valence-electron chi connectivity index (χ0n) is 34.6. The smallest absolute Gasteiger partial charge is 0.490 e. The number of aryl methyl sites for hydroxylation is 1. The molecule has 9 atom stereocenters. The number of aliphatic hydroxyl groups is 4. The Morgan fingerprint density at radius 3 is 2.06 bits per heavy atom. The minimum Gasteiger partial charge on any atom is -0.494 e. The van der Waals surface area contributed by atoms with E-state index in [1.54, 1.807) is 23.0 Å². The lowest BCUT2D eigenvalue weighted by Crippen LogP contribution is -2.45. The van der Waals surface area contributed by atoms with Crippen molar-refractivity contribution in [3.05, 3.63) is 111 Å². The molecule has 6 rings (SSSR count). The highest BCUT2D eigenvalue weighted by Crippen LogP contribution is 2.34. The predicted octanol–water partition coefficient (Wildman–Crippen LogP) is 1.84. The molecular weight excluding hydrogens is 853 g/mol. The topological polar surface area (TPSA) is 284 Å². The molecule has 0 unspecified atom stereocenters. The lowest BCUT2D eigenvalue weighted by atomic mass is 10.0. The van der Waals surface area contributed by atoms with Gasteiger partial charge in [0.15, 0.2) is 18.3 Å². The summed E-state index contributed by atoms with van der Waals surface area (Å²) in [6, 6.07) is 17.6. The van der Waals surface area contributed by atoms with E-state index in [-0.39, 0.29) is 18.7 Å². The summed E-state index contributed by atoms with van der Waals surface area (Å²) in [5, 5.41) is 58.5. The van der Waals surface area contributed by atoms with Gasteiger partial charge in [-0.2, -0.15) is 13.2 Å². The fourth-order valence-electron chi connectivity index (χ4n) is 7.12. The van der Waals surface area contributed by atoms with Gasteiger partial charge in [0, 0.05) is 49.1 Å². The number of H-pyrrole nitrogens is 1. The third kappa shape index (κ3) is 13.8. The summed E-state index contributed by atoms with van der Waals surface area (Å²) < 4.78 is 57.9. The van der Waals surface area contributed by atoms with Crippen LogP contribution in [-0.2, 0) is 32.0 Å². The lowest BCUT2D eigenvalue weighted by Gasteiger charge is -2.29. The molecule has 0 amide bonds. The Hall–Kier alpha value is -5.33. The van der Waals surface area contributed by atoms with Crippen LogP contribution in [0, 0.1) is 0 Å². The van der Waals surface area contributed by atoms with E-state index in [2.05, 4.69) is 15.3 Å². The van der Waals surface area contributed by atoms with Gasteiger partial charge < -0.3 is 50.2 Å². The standard InChI is InChI=1S/C40H52N6O11.C2HF3O2/c41-23-30-33(49)36(52)39(56-30)55-29(37-34(50)35(51)38(57-37)46-20-18-31(47)42-40(46)53)22-27-24-45(44-43-27)19-10-5-3-1-2-4-6-11-21-54-28-16-14-26(15-17-28)32(48)25-12-8-7-9-13-25;3-2(4,5)1(6)7/h7-9,12-18,20,24,29-30,33-39,49-52H,1-6,10-11,19,21-23,41H2,(H,42,47,53);(H,6,7)/t29-,30+,33+,34-,35+,36+,37+,38+,39+;/m0./s1. The van der Waals surface area contributed by atoms with Gasteiger partial charge in [-0.25, -0.2) is 9.59 Å². The van der Waals surface area contributed by atoms with Crippen LogP contribution in [0.15, 0.2) is 82.6 Å². The number of halogens is 3. The molecule has 4 aromatic rings. The first kappa shape index (κ1) is 49.7. The third-order valence-corrected chi connectivity index (χ3v) is 10.6. The molecule has 350 valence electrons. The minimum atomic E-state index is -5.08. The molecule has 4 heterocycles. The van der Waals surface area contributed by atoms with Crippen LogP contribution in [0.25, 0.3) is 0 Å². The molecule has 0 bridgehead atoms. The van der Waals surface area contributed by atoms with Crippen molar-refractivity contribution in [3.63, 3.8) is 0 Å². The quantitative estimate of drug-likeness (QED) is 0.0464. The average Bonchev–Trinajstić information content (AvgIpc) is 3.93. The highest BCUT2D eigenvalue weighted by atomic mass is 19.4. The number of hydrogen-bond acceptors (Lipinski definition) is 15. The fraction of sp³-hybridized carbons (Fsp3) is 0.524. The van der Waals surface area contributed by atoms with Crippen molar-refractivity contribution in [1.29, 1.82) is 0 Å². The molecule has 2 saturated heterocycles. The number of alkyl halides is 3. The van der Waals surface area contributed by atoms with Crippen molar-refractivity contribution in [2.45, 2.75) is 126 Å². The number of carbonyl (C=O) groups is 2. The molecule has 0 saturated carbocycles. The lowest BCUT2D eigenvalue weighted by molar-refractivity contribution is -0.220. The number of aromatic nitrogens is 5. The molecule has 64 heavy (non-hydrogen) atoms. The summed E-state index contributed by atoms with van der Waals surface area (Å²) in [5.74, 6) is -2.01. The van der Waals surface area contributed by atoms with Crippen molar-refractivity contribution in [2.24, 2.45) is 5.73 Å². The Bertz CT molecular complexity index is 2190. The molecular formula is C42H53F3N6O13. The van der Waals surface area contributed by atoms with Gasteiger partial charge in [-0.3, -0.25) is 23.8 Å². The van der Waals surface area contributed by atoms with Crippen LogP contribution in [-0.4, -0.2) is 130 Å². The van der Waals surface area contributed by atoms with Gasteiger partial charge >= 0.3 is 17.8 Å². The second kappa shape index (κ2) is 23.6. The summed E-state index contributed by atoms with van der Waals surface area (Å²) in [6.07, 6.45) is -5.65. The van der Waals surface area contributed by atoms with Crippen molar-refractivity contribution in [2.75, 3.05) is 13.2 Å². The van der Waals surface area contributed by atoms with Gasteiger partial charge in [-0.15, -0.1) is 5.10 Å². The Balaban J connectivity index is 0.00000102. The molecule has 0 spiro atoms. The summed E-state index contributed by atoms with van der Waals surface area (Å²) >= 11 is 0. The van der Waals surface area contributed by atoms with Crippen LogP contribution in [0.3, 0.4) is 0 Å². The summed E-state index contributed by atoms with van der Waals surface area (Å²) in [4.78, 5) is 47.6. The first-order chi connectivity index (χ1) is 30.6. The Kier molecular flexibility index (Phi) is 18.3. The second-order valence-corrected chi connectivity index (χ2v) is 15.3. The highest BCUT2D eigenvalue weighted by Gasteiger charge is 2.51. The van der Waals surface area contributed by atoms with Crippen LogP contribution in [0.2, 0.25) is 0 Å². The number of aliphatic carboxylic acids is 1. The number of benzene rings is 2. The number of carbonyl (C=O) groups excluding carboxylic acids is 1. The second-order valence-electron chi connectivity index (χ2n) is 15.3. The summed E-state index contributed by atoms with van der Waals surface area (Å²) in [7, 11) is 0. The predicted molar refractivity (Wildman–Crippen MR) is 218 cm³/mol. The summed E-state index contributed by atoms with van der Waals surface area (Å²) in [6.45, 7) is 1.18. The molecule has 2 aliphatic heterocycles. The van der Waals surface area contributed by atoms with Gasteiger partial charge in [-0.05, 0) is 37.1 Å². The molecule has 2 aromatic heterocycles. The zero-order valence-corrected chi connectivity index (χ0v) is 34.6. The van der Waals surface area contributed by atoms with E-state index in [1.165, 1.54) is 0 Å². The number of rotatable bonds is 21. The normalized spacial score (nSPS) is 23.6. The summed E-state index contributed by atoms with van der Waals surface area (Å²) in [5.41, 5.74) is 5.95. The number of carboxylic acids is 1. The van der Waals surface area contributed by atoms with Crippen molar-refractivity contribution in [1.82, 2.24) is 24.5 Å². The van der Waals surface area contributed by atoms with E-state index in [0.717, 1.165) is 73.9 Å². The van der Waals surface area contributed by atoms with Crippen molar-refractivity contribution >= 4 is 11.8 Å². The van der Waals surface area contributed by atoms with Crippen LogP contribution < -0.4 is 21.7 Å². The van der Waals surface area contributed by atoms with E-state index in [1.807, 2.05) is 42.5 Å². The number of aliphatic hydroxyl groups excluding tert-OH is 4. The van der Waals surface area contributed by atoms with Crippen molar-refractivity contribution < 1.29 is 67.2 Å². The van der Waals surface area contributed by atoms with Gasteiger partial charge in [0.1, 0.15) is 42.4 Å². The van der Waals surface area contributed by atoms with Crippen LogP contribution in [0.1, 0.15) is 79.2 Å². The Morgan fingerprint density at radius 1 is 0.828 bits per heavy atom. The zero-order chi connectivity index (χ0) is 46.4. The number of carboxylic acid groups (broad SMARTS) is 1. The third-order valence-electron chi connectivity index (χ3n) is 10.6. The van der Waals surface area contributed by atoms with E-state index in [0.29, 0.717) is 30.0 Å². The number of aromatic amines is 1. The van der Waals surface area contributed by atoms with Gasteiger partial charge in [0.2, 0.25) is 0 Å². The SMILES string of the molecule is NC[C@H]1O[C@@H](O[C@@H](Cc2cn(CCCCCCCCCCOc3ccc(C(=O)c4ccccc4)cc3)nn2)[C@H]2O[C@@H](n3ccc(=O)[nH]c3=O)[C@H](O)[C@@H]2O)[C@H](O)[C@@H]1O.O=C(O)C(F)(F)F. The molecule has 0 radical (unpaired) electrons.